The Morgan fingerprint density at radius 3 is 2.45 bits per heavy atom. The first-order valence-corrected chi connectivity index (χ1v) is 10.7. The van der Waals surface area contributed by atoms with Crippen LogP contribution in [0.5, 0.6) is 0 Å². The van der Waals surface area contributed by atoms with Gasteiger partial charge in [-0.05, 0) is 55.8 Å². The first-order valence-electron chi connectivity index (χ1n) is 10.7. The molecule has 33 heavy (non-hydrogen) atoms. The molecule has 0 bridgehead atoms. The van der Waals surface area contributed by atoms with Crippen molar-refractivity contribution < 1.29 is 28.9 Å². The summed E-state index contributed by atoms with van der Waals surface area (Å²) in [5, 5.41) is 22.1. The van der Waals surface area contributed by atoms with Crippen LogP contribution in [0.3, 0.4) is 0 Å². The molecule has 0 spiro atoms. The van der Waals surface area contributed by atoms with Crippen LogP contribution in [0, 0.1) is 5.82 Å². The minimum absolute atomic E-state index is 0.0921. The van der Waals surface area contributed by atoms with Crippen molar-refractivity contribution in [2.75, 3.05) is 18.4 Å². The Bertz CT molecular complexity index is 1220. The lowest BCUT2D eigenvalue weighted by Gasteiger charge is -2.23. The molecular weight excluding hydrogens is 427 g/mol. The number of aliphatic hydroxyl groups excluding tert-OH is 2. The first kappa shape index (κ1) is 21.4. The zero-order valence-electron chi connectivity index (χ0n) is 18.1. The van der Waals surface area contributed by atoms with E-state index in [-0.39, 0.29) is 30.5 Å². The Hall–Kier alpha value is -3.49. The number of carbonyl (C=O) groups is 2. The van der Waals surface area contributed by atoms with Gasteiger partial charge < -0.3 is 25.2 Å². The molecular formula is C25H23FN2O5. The quantitative estimate of drug-likeness (QED) is 0.611. The highest BCUT2D eigenvalue weighted by molar-refractivity contribution is 6.32. The van der Waals surface area contributed by atoms with Crippen LogP contribution in [0.1, 0.15) is 35.3 Å². The molecule has 2 atom stereocenters. The van der Waals surface area contributed by atoms with Crippen molar-refractivity contribution in [2.45, 2.75) is 31.7 Å². The van der Waals surface area contributed by atoms with Gasteiger partial charge >= 0.3 is 0 Å². The fourth-order valence-electron chi connectivity index (χ4n) is 4.51. The van der Waals surface area contributed by atoms with Crippen LogP contribution >= 0.6 is 0 Å². The molecule has 3 N–H and O–H groups in total. The number of anilines is 1. The molecule has 0 aromatic heterocycles. The smallest absolute Gasteiger partial charge is 0.260 e. The average molecular weight is 450 g/mol. The van der Waals surface area contributed by atoms with Crippen LogP contribution in [0.25, 0.3) is 11.1 Å². The Labute approximate surface area is 189 Å². The highest BCUT2D eigenvalue weighted by Gasteiger charge is 2.38. The molecule has 0 unspecified atom stereocenters. The standard InChI is InChI=1S/C25H23FN2O5/c1-25(2)17(10-21(33-25)22-16-9-15(26)7-8-18(16)27-23(22)31)13-3-5-14(6-4-13)24(32)28-11-19(29)20(30)12-28/h3-10,19-20,29-30H,11-12H2,1-2H3,(H,27,31)/t19-,20-/m0/s1. The van der Waals surface area contributed by atoms with Gasteiger partial charge in [-0.3, -0.25) is 9.59 Å². The third-order valence-corrected chi connectivity index (χ3v) is 6.25. The van der Waals surface area contributed by atoms with Crippen molar-refractivity contribution in [3.8, 4) is 0 Å². The van der Waals surface area contributed by atoms with Gasteiger partial charge in [-0.1, -0.05) is 12.1 Å². The average Bonchev–Trinajstić information content (AvgIpc) is 3.39. The van der Waals surface area contributed by atoms with E-state index in [9.17, 15) is 24.2 Å². The monoisotopic (exact) mass is 450 g/mol. The predicted octanol–water partition coefficient (Wildman–Crippen LogP) is 2.56. The number of ether oxygens (including phenoxy) is 1. The molecule has 0 aliphatic carbocycles. The number of aliphatic hydroxyl groups is 2. The van der Waals surface area contributed by atoms with E-state index in [0.717, 1.165) is 11.1 Å². The van der Waals surface area contributed by atoms with Gasteiger partial charge in [-0.25, -0.2) is 4.39 Å². The van der Waals surface area contributed by atoms with Crippen molar-refractivity contribution >= 4 is 28.6 Å². The van der Waals surface area contributed by atoms with Gasteiger partial charge in [0, 0.05) is 35.5 Å². The van der Waals surface area contributed by atoms with E-state index in [2.05, 4.69) is 5.32 Å². The highest BCUT2D eigenvalue weighted by atomic mass is 19.1. The van der Waals surface area contributed by atoms with E-state index in [1.165, 1.54) is 23.1 Å². The number of halogens is 1. The van der Waals surface area contributed by atoms with Crippen LogP contribution in [0.4, 0.5) is 10.1 Å². The van der Waals surface area contributed by atoms with E-state index in [4.69, 9.17) is 4.74 Å². The van der Waals surface area contributed by atoms with Gasteiger partial charge in [0.15, 0.2) is 0 Å². The third kappa shape index (κ3) is 3.61. The normalized spacial score (nSPS) is 25.5. The van der Waals surface area contributed by atoms with Gasteiger partial charge in [-0.15, -0.1) is 0 Å². The summed E-state index contributed by atoms with van der Waals surface area (Å²) in [4.78, 5) is 26.7. The number of fused-ring (bicyclic) bond motifs is 1. The molecule has 0 saturated carbocycles. The Kier molecular flexibility index (Phi) is 4.88. The van der Waals surface area contributed by atoms with Crippen LogP contribution in [0.15, 0.2) is 54.3 Å². The maximum atomic E-state index is 13.8. The van der Waals surface area contributed by atoms with Crippen LogP contribution in [-0.4, -0.2) is 57.8 Å². The van der Waals surface area contributed by atoms with Crippen LogP contribution in [0.2, 0.25) is 0 Å². The maximum Gasteiger partial charge on any atom is 0.260 e. The van der Waals surface area contributed by atoms with Gasteiger partial charge in [0.2, 0.25) is 0 Å². The zero-order valence-corrected chi connectivity index (χ0v) is 18.1. The second-order valence-corrected chi connectivity index (χ2v) is 8.98. The van der Waals surface area contributed by atoms with Gasteiger partial charge in [0.1, 0.15) is 17.2 Å². The Morgan fingerprint density at radius 1 is 1.12 bits per heavy atom. The van der Waals surface area contributed by atoms with Crippen molar-refractivity contribution in [3.63, 3.8) is 0 Å². The lowest BCUT2D eigenvalue weighted by Crippen LogP contribution is -2.29. The lowest BCUT2D eigenvalue weighted by molar-refractivity contribution is -0.111. The molecule has 7 nitrogen and oxygen atoms in total. The Balaban J connectivity index is 1.47. The molecule has 1 fully saturated rings. The third-order valence-electron chi connectivity index (χ3n) is 6.25. The molecule has 170 valence electrons. The summed E-state index contributed by atoms with van der Waals surface area (Å²) >= 11 is 0. The Morgan fingerprint density at radius 2 is 1.79 bits per heavy atom. The van der Waals surface area contributed by atoms with Crippen molar-refractivity contribution in [2.24, 2.45) is 0 Å². The number of hydrogen-bond acceptors (Lipinski definition) is 5. The first-order chi connectivity index (χ1) is 15.6. The number of allylic oxidation sites excluding steroid dienone is 1. The number of rotatable bonds is 2. The number of nitrogens with one attached hydrogen (secondary N) is 1. The van der Waals surface area contributed by atoms with Crippen LogP contribution < -0.4 is 5.32 Å². The molecule has 5 rings (SSSR count). The number of β-amino-alcohol motifs (C(OH)–C–C–N with tert-alkyl or cyclic N) is 2. The molecule has 0 radical (unpaired) electrons. The topological polar surface area (TPSA) is 99.1 Å². The maximum absolute atomic E-state index is 13.8. The van der Waals surface area contributed by atoms with Crippen molar-refractivity contribution in [1.82, 2.24) is 4.90 Å². The van der Waals surface area contributed by atoms with Gasteiger partial charge in [-0.2, -0.15) is 0 Å². The molecule has 1 saturated heterocycles. The molecule has 3 heterocycles. The minimum atomic E-state index is -0.937. The van der Waals surface area contributed by atoms with Crippen molar-refractivity contribution in [3.05, 3.63) is 76.8 Å². The summed E-state index contributed by atoms with van der Waals surface area (Å²) in [6.45, 7) is 3.93. The minimum Gasteiger partial charge on any atom is -0.482 e. The summed E-state index contributed by atoms with van der Waals surface area (Å²) in [7, 11) is 0. The number of amides is 2. The molecule has 2 amide bonds. The van der Waals surface area contributed by atoms with E-state index in [0.29, 0.717) is 22.6 Å². The summed E-state index contributed by atoms with van der Waals surface area (Å²) < 4.78 is 19.9. The van der Waals surface area contributed by atoms with E-state index >= 15 is 0 Å². The zero-order chi connectivity index (χ0) is 23.5. The number of likely N-dealkylation sites (tertiary alicyclic amines) is 1. The predicted molar refractivity (Wildman–Crippen MR) is 119 cm³/mol. The number of nitrogens with zero attached hydrogens (tertiary/aromatic N) is 1. The highest BCUT2D eigenvalue weighted by Crippen LogP contribution is 2.44. The van der Waals surface area contributed by atoms with Crippen LogP contribution in [-0.2, 0) is 9.53 Å². The molecule has 3 aliphatic heterocycles. The van der Waals surface area contributed by atoms with E-state index < -0.39 is 23.6 Å². The molecule has 8 heteroatoms. The number of carbonyl (C=O) groups excluding carboxylic acids is 2. The number of benzene rings is 2. The number of hydrogen-bond donors (Lipinski definition) is 3. The summed E-state index contributed by atoms with van der Waals surface area (Å²) in [6, 6.07) is 11.1. The second-order valence-electron chi connectivity index (χ2n) is 8.98. The van der Waals surface area contributed by atoms with E-state index in [1.807, 2.05) is 13.8 Å². The fraction of sp³-hybridized carbons (Fsp3) is 0.280. The fourth-order valence-corrected chi connectivity index (χ4v) is 4.51. The molecule has 2 aromatic carbocycles. The summed E-state index contributed by atoms with van der Waals surface area (Å²) in [6.07, 6.45) is -0.0980. The summed E-state index contributed by atoms with van der Waals surface area (Å²) in [5.41, 5.74) is 2.58. The SMILES string of the molecule is CC1(C)OC(=C2C(=O)Nc3ccc(F)cc32)C=C1c1ccc(C(=O)N2C[C@H](O)[C@@H](O)C2)cc1. The summed E-state index contributed by atoms with van der Waals surface area (Å²) in [5.74, 6) is -0.702. The second kappa shape index (κ2) is 7.54. The van der Waals surface area contributed by atoms with Gasteiger partial charge in [0.25, 0.3) is 11.8 Å². The van der Waals surface area contributed by atoms with E-state index in [1.54, 1.807) is 30.3 Å². The molecule has 2 aromatic rings. The lowest BCUT2D eigenvalue weighted by atomic mass is 9.91. The molecule has 3 aliphatic rings. The largest absolute Gasteiger partial charge is 0.482 e. The van der Waals surface area contributed by atoms with Crippen molar-refractivity contribution in [1.29, 1.82) is 0 Å². The van der Waals surface area contributed by atoms with Gasteiger partial charge in [0.05, 0.1) is 17.8 Å².